The molecule has 2 rings (SSSR count). The molecule has 0 aliphatic carbocycles. The second-order valence-corrected chi connectivity index (χ2v) is 5.64. The van der Waals surface area contributed by atoms with Crippen molar-refractivity contribution in [3.05, 3.63) is 28.2 Å². The number of piperidine rings is 1. The van der Waals surface area contributed by atoms with Crippen LogP contribution in [-0.4, -0.2) is 31.0 Å². The lowest BCUT2D eigenvalue weighted by atomic mass is 10.0. The number of hydrogen-bond acceptors (Lipinski definition) is 3. The number of halogens is 2. The van der Waals surface area contributed by atoms with Crippen molar-refractivity contribution in [2.75, 3.05) is 13.2 Å². The third-order valence-corrected chi connectivity index (χ3v) is 3.87. The van der Waals surface area contributed by atoms with E-state index < -0.39 is 0 Å². The maximum absolute atomic E-state index is 11.7. The Morgan fingerprint density at radius 2 is 2.19 bits per heavy atom. The first-order valence-corrected chi connectivity index (χ1v) is 7.44. The van der Waals surface area contributed by atoms with Gasteiger partial charge in [0.15, 0.2) is 6.61 Å². The van der Waals surface area contributed by atoms with E-state index in [4.69, 9.17) is 27.9 Å². The lowest BCUT2D eigenvalue weighted by molar-refractivity contribution is -0.125. The highest BCUT2D eigenvalue weighted by Crippen LogP contribution is 2.26. The lowest BCUT2D eigenvalue weighted by Crippen LogP contribution is -2.46. The zero-order valence-electron chi connectivity index (χ0n) is 11.3. The standard InChI is InChI=1S/C14H16Cl2N2O3/c15-11-5-4-10(6-12(11)16)21-8-14(20)17-7-9-2-1-3-13(19)18-9/h4-6,9H,1-3,7-8H2,(H,17,20)(H,18,19)/t9-/m1/s1. The van der Waals surface area contributed by atoms with Gasteiger partial charge in [-0.3, -0.25) is 9.59 Å². The second kappa shape index (κ2) is 7.52. The molecule has 1 atom stereocenters. The summed E-state index contributed by atoms with van der Waals surface area (Å²) in [7, 11) is 0. The van der Waals surface area contributed by atoms with Gasteiger partial charge >= 0.3 is 0 Å². The largest absolute Gasteiger partial charge is 0.484 e. The fourth-order valence-corrected chi connectivity index (χ4v) is 2.33. The Kier molecular flexibility index (Phi) is 5.70. The van der Waals surface area contributed by atoms with Crippen molar-refractivity contribution in [3.8, 4) is 5.75 Å². The highest BCUT2D eigenvalue weighted by Gasteiger charge is 2.18. The predicted octanol–water partition coefficient (Wildman–Crippen LogP) is 2.16. The summed E-state index contributed by atoms with van der Waals surface area (Å²) in [5, 5.41) is 6.37. The van der Waals surface area contributed by atoms with Gasteiger partial charge in [0.1, 0.15) is 5.75 Å². The van der Waals surface area contributed by atoms with E-state index >= 15 is 0 Å². The summed E-state index contributed by atoms with van der Waals surface area (Å²) < 4.78 is 5.32. The SMILES string of the molecule is O=C(COc1ccc(Cl)c(Cl)c1)NC[C@H]1CCCC(=O)N1. The van der Waals surface area contributed by atoms with Gasteiger partial charge in [0.05, 0.1) is 10.0 Å². The van der Waals surface area contributed by atoms with Crippen molar-refractivity contribution >= 4 is 35.0 Å². The molecule has 114 valence electrons. The fraction of sp³-hybridized carbons (Fsp3) is 0.429. The van der Waals surface area contributed by atoms with E-state index in [9.17, 15) is 9.59 Å². The zero-order chi connectivity index (χ0) is 15.2. The van der Waals surface area contributed by atoms with Crippen LogP contribution in [0.4, 0.5) is 0 Å². The van der Waals surface area contributed by atoms with E-state index in [0.717, 1.165) is 12.8 Å². The van der Waals surface area contributed by atoms with E-state index in [2.05, 4.69) is 10.6 Å². The van der Waals surface area contributed by atoms with Crippen molar-refractivity contribution in [1.82, 2.24) is 10.6 Å². The number of hydrogen-bond donors (Lipinski definition) is 2. The average Bonchev–Trinajstić information content (AvgIpc) is 2.46. The molecule has 1 aliphatic rings. The zero-order valence-corrected chi connectivity index (χ0v) is 12.8. The Hall–Kier alpha value is -1.46. The quantitative estimate of drug-likeness (QED) is 0.869. The lowest BCUT2D eigenvalue weighted by Gasteiger charge is -2.23. The van der Waals surface area contributed by atoms with E-state index in [-0.39, 0.29) is 24.5 Å². The molecule has 0 bridgehead atoms. The molecule has 0 spiro atoms. The molecule has 0 saturated carbocycles. The maximum atomic E-state index is 11.7. The molecule has 21 heavy (non-hydrogen) atoms. The minimum absolute atomic E-state index is 0.000163. The fourth-order valence-electron chi connectivity index (χ4n) is 2.04. The summed E-state index contributed by atoms with van der Waals surface area (Å²) in [6, 6.07) is 4.80. The average molecular weight is 331 g/mol. The molecule has 2 amide bonds. The van der Waals surface area contributed by atoms with Crippen molar-refractivity contribution in [3.63, 3.8) is 0 Å². The summed E-state index contributed by atoms with van der Waals surface area (Å²) >= 11 is 11.6. The molecule has 0 radical (unpaired) electrons. The van der Waals surface area contributed by atoms with Gasteiger partial charge in [0, 0.05) is 25.1 Å². The Labute approximate surface area is 132 Å². The second-order valence-electron chi connectivity index (χ2n) is 4.83. The van der Waals surface area contributed by atoms with Crippen molar-refractivity contribution in [1.29, 1.82) is 0 Å². The minimum Gasteiger partial charge on any atom is -0.484 e. The smallest absolute Gasteiger partial charge is 0.258 e. The number of carbonyl (C=O) groups is 2. The molecule has 1 saturated heterocycles. The molecule has 5 nitrogen and oxygen atoms in total. The molecule has 0 aromatic heterocycles. The van der Waals surface area contributed by atoms with Crippen LogP contribution in [0, 0.1) is 0 Å². The van der Waals surface area contributed by atoms with Crippen LogP contribution in [0.2, 0.25) is 10.0 Å². The molecular weight excluding hydrogens is 315 g/mol. The topological polar surface area (TPSA) is 67.4 Å². The van der Waals surface area contributed by atoms with Gasteiger partial charge in [-0.1, -0.05) is 23.2 Å². The summed E-state index contributed by atoms with van der Waals surface area (Å²) in [4.78, 5) is 22.9. The highest BCUT2D eigenvalue weighted by molar-refractivity contribution is 6.42. The summed E-state index contributed by atoms with van der Waals surface area (Å²) in [5.41, 5.74) is 0. The van der Waals surface area contributed by atoms with Crippen molar-refractivity contribution < 1.29 is 14.3 Å². The van der Waals surface area contributed by atoms with Gasteiger partial charge in [0.25, 0.3) is 5.91 Å². The number of nitrogens with one attached hydrogen (secondary N) is 2. The molecule has 7 heteroatoms. The first kappa shape index (κ1) is 15.9. The van der Waals surface area contributed by atoms with Gasteiger partial charge in [-0.05, 0) is 25.0 Å². The van der Waals surface area contributed by atoms with Crippen LogP contribution in [0.3, 0.4) is 0 Å². The van der Waals surface area contributed by atoms with E-state index in [0.29, 0.717) is 28.8 Å². The number of rotatable bonds is 5. The predicted molar refractivity (Wildman–Crippen MR) is 80.7 cm³/mol. The first-order valence-electron chi connectivity index (χ1n) is 6.68. The molecule has 1 heterocycles. The van der Waals surface area contributed by atoms with Gasteiger partial charge in [-0.15, -0.1) is 0 Å². The van der Waals surface area contributed by atoms with Gasteiger partial charge < -0.3 is 15.4 Å². The normalized spacial score (nSPS) is 18.0. The monoisotopic (exact) mass is 330 g/mol. The Morgan fingerprint density at radius 1 is 1.38 bits per heavy atom. The number of benzene rings is 1. The minimum atomic E-state index is -0.249. The van der Waals surface area contributed by atoms with E-state index in [1.807, 2.05) is 0 Å². The van der Waals surface area contributed by atoms with Crippen LogP contribution in [-0.2, 0) is 9.59 Å². The van der Waals surface area contributed by atoms with E-state index in [1.54, 1.807) is 18.2 Å². The van der Waals surface area contributed by atoms with Crippen molar-refractivity contribution in [2.45, 2.75) is 25.3 Å². The van der Waals surface area contributed by atoms with E-state index in [1.165, 1.54) is 0 Å². The molecule has 0 unspecified atom stereocenters. The van der Waals surface area contributed by atoms with Crippen LogP contribution in [0.1, 0.15) is 19.3 Å². The van der Waals surface area contributed by atoms with Crippen LogP contribution in [0.5, 0.6) is 5.75 Å². The highest BCUT2D eigenvalue weighted by atomic mass is 35.5. The maximum Gasteiger partial charge on any atom is 0.258 e. The van der Waals surface area contributed by atoms with Crippen LogP contribution >= 0.6 is 23.2 Å². The van der Waals surface area contributed by atoms with Gasteiger partial charge in [-0.25, -0.2) is 0 Å². The molecule has 1 aromatic carbocycles. The first-order chi connectivity index (χ1) is 10.0. The number of amides is 2. The Balaban J connectivity index is 1.72. The van der Waals surface area contributed by atoms with Gasteiger partial charge in [-0.2, -0.15) is 0 Å². The Morgan fingerprint density at radius 3 is 2.90 bits per heavy atom. The summed E-state index contributed by atoms with van der Waals surface area (Å²) in [6.45, 7) is 0.300. The third kappa shape index (κ3) is 5.10. The molecule has 2 N–H and O–H groups in total. The van der Waals surface area contributed by atoms with Crippen LogP contribution in [0.25, 0.3) is 0 Å². The molecular formula is C14H16Cl2N2O3. The van der Waals surface area contributed by atoms with Gasteiger partial charge in [0.2, 0.25) is 5.91 Å². The number of ether oxygens (including phenoxy) is 1. The van der Waals surface area contributed by atoms with Crippen molar-refractivity contribution in [2.24, 2.45) is 0 Å². The number of carbonyl (C=O) groups excluding carboxylic acids is 2. The third-order valence-electron chi connectivity index (χ3n) is 3.13. The molecule has 1 aromatic rings. The molecule has 1 fully saturated rings. The Bertz CT molecular complexity index is 537. The van der Waals surface area contributed by atoms with Crippen LogP contribution < -0.4 is 15.4 Å². The molecule has 1 aliphatic heterocycles. The summed E-state index contributed by atoms with van der Waals surface area (Å²) in [6.07, 6.45) is 2.29. The summed E-state index contributed by atoms with van der Waals surface area (Å²) in [5.74, 6) is 0.263. The van der Waals surface area contributed by atoms with Crippen LogP contribution in [0.15, 0.2) is 18.2 Å².